The van der Waals surface area contributed by atoms with Crippen LogP contribution in [0.15, 0.2) is 66.7 Å². The molecule has 1 unspecified atom stereocenters. The maximum Gasteiger partial charge on any atom is 0.323 e. The van der Waals surface area contributed by atoms with Gasteiger partial charge in [0.05, 0.1) is 0 Å². The van der Waals surface area contributed by atoms with E-state index in [-0.39, 0.29) is 30.8 Å². The van der Waals surface area contributed by atoms with Crippen molar-refractivity contribution in [3.63, 3.8) is 0 Å². The number of nitrogens with one attached hydrogen (secondary N) is 2. The number of carbonyl (C=O) groups excluding carboxylic acids is 2. The Bertz CT molecular complexity index is 1190. The lowest BCUT2D eigenvalue weighted by Gasteiger charge is -2.22. The van der Waals surface area contributed by atoms with Crippen molar-refractivity contribution in [3.8, 4) is 5.75 Å². The van der Waals surface area contributed by atoms with Crippen LogP contribution < -0.4 is 15.4 Å². The second-order valence-electron chi connectivity index (χ2n) is 8.72. The van der Waals surface area contributed by atoms with E-state index in [0.717, 1.165) is 5.56 Å². The summed E-state index contributed by atoms with van der Waals surface area (Å²) in [4.78, 5) is 26.9. The molecule has 0 saturated heterocycles. The van der Waals surface area contributed by atoms with E-state index in [4.69, 9.17) is 4.74 Å². The number of ether oxygens (including phenoxy) is 1. The number of carbonyl (C=O) groups is 2. The SMILES string of the molecule is CC1Oc2ccc(NC(=O)Nc3ccc(C(C)C)cc3)cc2CN(Cc2ccccc2F)C1=O. The van der Waals surface area contributed by atoms with Crippen LogP contribution in [0.4, 0.5) is 20.6 Å². The maximum absolute atomic E-state index is 14.2. The zero-order valence-corrected chi connectivity index (χ0v) is 19.5. The van der Waals surface area contributed by atoms with Crippen molar-refractivity contribution in [3.05, 3.63) is 89.2 Å². The van der Waals surface area contributed by atoms with E-state index >= 15 is 0 Å². The van der Waals surface area contributed by atoms with Gasteiger partial charge in [-0.2, -0.15) is 0 Å². The lowest BCUT2D eigenvalue weighted by Crippen LogP contribution is -2.37. The molecule has 1 heterocycles. The number of hydrogen-bond acceptors (Lipinski definition) is 3. The minimum Gasteiger partial charge on any atom is -0.481 e. The average Bonchev–Trinajstić information content (AvgIpc) is 2.92. The van der Waals surface area contributed by atoms with E-state index in [1.165, 1.54) is 11.6 Å². The predicted octanol–water partition coefficient (Wildman–Crippen LogP) is 5.90. The molecule has 0 aliphatic carbocycles. The van der Waals surface area contributed by atoms with Crippen molar-refractivity contribution in [2.75, 3.05) is 10.6 Å². The largest absolute Gasteiger partial charge is 0.481 e. The van der Waals surface area contributed by atoms with E-state index in [0.29, 0.717) is 28.6 Å². The number of urea groups is 1. The molecule has 34 heavy (non-hydrogen) atoms. The first-order chi connectivity index (χ1) is 16.3. The van der Waals surface area contributed by atoms with Gasteiger partial charge in [0, 0.05) is 35.6 Å². The zero-order valence-electron chi connectivity index (χ0n) is 19.5. The van der Waals surface area contributed by atoms with Crippen molar-refractivity contribution >= 4 is 23.3 Å². The molecule has 7 heteroatoms. The van der Waals surface area contributed by atoms with Crippen LogP contribution in [0, 0.1) is 5.82 Å². The predicted molar refractivity (Wildman–Crippen MR) is 130 cm³/mol. The summed E-state index contributed by atoms with van der Waals surface area (Å²) in [6, 6.07) is 19.0. The van der Waals surface area contributed by atoms with Crippen molar-refractivity contribution in [2.24, 2.45) is 0 Å². The normalized spacial score (nSPS) is 15.4. The van der Waals surface area contributed by atoms with E-state index in [2.05, 4.69) is 24.5 Å². The van der Waals surface area contributed by atoms with E-state index in [1.807, 2.05) is 24.3 Å². The standard InChI is InChI=1S/C27H28FN3O3/c1-17(2)19-8-10-22(11-9-19)29-27(33)30-23-12-13-25-21(14-23)16-31(26(32)18(3)34-25)15-20-6-4-5-7-24(20)28/h4-14,17-18H,15-16H2,1-3H3,(H2,29,30,33). The minimum atomic E-state index is -0.705. The quantitative estimate of drug-likeness (QED) is 0.497. The van der Waals surface area contributed by atoms with E-state index in [9.17, 15) is 14.0 Å². The Balaban J connectivity index is 1.48. The third-order valence-corrected chi connectivity index (χ3v) is 5.80. The molecule has 2 N–H and O–H groups in total. The lowest BCUT2D eigenvalue weighted by molar-refractivity contribution is -0.138. The molecule has 3 aromatic rings. The molecule has 3 amide bonds. The molecule has 0 aromatic heterocycles. The molecule has 0 saturated carbocycles. The lowest BCUT2D eigenvalue weighted by atomic mass is 10.0. The number of nitrogens with zero attached hydrogens (tertiary/aromatic N) is 1. The zero-order chi connectivity index (χ0) is 24.2. The topological polar surface area (TPSA) is 70.7 Å². The van der Waals surface area contributed by atoms with Crippen LogP contribution in [-0.4, -0.2) is 22.9 Å². The van der Waals surface area contributed by atoms with Crippen LogP contribution in [0.2, 0.25) is 0 Å². The van der Waals surface area contributed by atoms with Gasteiger partial charge in [-0.15, -0.1) is 0 Å². The summed E-state index contributed by atoms with van der Waals surface area (Å²) in [5.41, 5.74) is 3.61. The highest BCUT2D eigenvalue weighted by molar-refractivity contribution is 5.99. The molecule has 6 nitrogen and oxygen atoms in total. The smallest absolute Gasteiger partial charge is 0.323 e. The summed E-state index contributed by atoms with van der Waals surface area (Å²) in [5.74, 6) is 0.391. The Morgan fingerprint density at radius 3 is 2.44 bits per heavy atom. The molecule has 176 valence electrons. The highest BCUT2D eigenvalue weighted by Gasteiger charge is 2.28. The van der Waals surface area contributed by atoms with Gasteiger partial charge in [0.2, 0.25) is 0 Å². The Labute approximate surface area is 198 Å². The van der Waals surface area contributed by atoms with Crippen molar-refractivity contribution in [2.45, 2.75) is 45.9 Å². The van der Waals surface area contributed by atoms with Gasteiger partial charge < -0.3 is 20.3 Å². The Morgan fingerprint density at radius 1 is 1.06 bits per heavy atom. The second kappa shape index (κ2) is 9.95. The number of halogens is 1. The van der Waals surface area contributed by atoms with Crippen molar-refractivity contribution in [1.82, 2.24) is 4.90 Å². The molecular weight excluding hydrogens is 433 g/mol. The van der Waals surface area contributed by atoms with Gasteiger partial charge in [-0.05, 0) is 54.8 Å². The van der Waals surface area contributed by atoms with Crippen molar-refractivity contribution in [1.29, 1.82) is 0 Å². The molecule has 4 rings (SSSR count). The number of rotatable bonds is 5. The molecule has 0 fully saturated rings. The summed E-state index contributed by atoms with van der Waals surface area (Å²) < 4.78 is 20.0. The third-order valence-electron chi connectivity index (χ3n) is 5.80. The molecule has 0 radical (unpaired) electrons. The minimum absolute atomic E-state index is 0.128. The first kappa shape index (κ1) is 23.3. The van der Waals surface area contributed by atoms with Crippen LogP contribution >= 0.6 is 0 Å². The Kier molecular flexibility index (Phi) is 6.82. The Hall–Kier alpha value is -3.87. The van der Waals surface area contributed by atoms with Crippen LogP contribution in [-0.2, 0) is 17.9 Å². The summed E-state index contributed by atoms with van der Waals surface area (Å²) in [6.45, 7) is 6.27. The van der Waals surface area contributed by atoms with Crippen LogP contribution in [0.25, 0.3) is 0 Å². The van der Waals surface area contributed by atoms with Gasteiger partial charge in [0.25, 0.3) is 5.91 Å². The number of hydrogen-bond donors (Lipinski definition) is 2. The Morgan fingerprint density at radius 2 is 1.74 bits per heavy atom. The number of anilines is 2. The second-order valence-corrected chi connectivity index (χ2v) is 8.72. The van der Waals surface area contributed by atoms with E-state index in [1.54, 1.807) is 48.2 Å². The first-order valence-corrected chi connectivity index (χ1v) is 11.3. The van der Waals surface area contributed by atoms with Gasteiger partial charge >= 0.3 is 6.03 Å². The molecule has 0 spiro atoms. The number of fused-ring (bicyclic) bond motifs is 1. The average molecular weight is 462 g/mol. The summed E-state index contributed by atoms with van der Waals surface area (Å²) in [6.07, 6.45) is -0.705. The fourth-order valence-corrected chi connectivity index (χ4v) is 3.89. The van der Waals surface area contributed by atoms with E-state index < -0.39 is 6.10 Å². The van der Waals surface area contributed by atoms with Gasteiger partial charge in [-0.25, -0.2) is 9.18 Å². The van der Waals surface area contributed by atoms with Gasteiger partial charge in [0.1, 0.15) is 11.6 Å². The molecule has 3 aromatic carbocycles. The molecule has 1 atom stereocenters. The number of amides is 3. The molecule has 1 aliphatic heterocycles. The monoisotopic (exact) mass is 461 g/mol. The highest BCUT2D eigenvalue weighted by Crippen LogP contribution is 2.30. The van der Waals surface area contributed by atoms with Crippen molar-refractivity contribution < 1.29 is 18.7 Å². The van der Waals surface area contributed by atoms with Gasteiger partial charge in [0.15, 0.2) is 6.10 Å². The molecule has 1 aliphatic rings. The number of benzene rings is 3. The van der Waals surface area contributed by atoms with Crippen LogP contribution in [0.1, 0.15) is 43.4 Å². The highest BCUT2D eigenvalue weighted by atomic mass is 19.1. The maximum atomic E-state index is 14.2. The fourth-order valence-electron chi connectivity index (χ4n) is 3.89. The van der Waals surface area contributed by atoms with Gasteiger partial charge in [-0.3, -0.25) is 4.79 Å². The van der Waals surface area contributed by atoms with Gasteiger partial charge in [-0.1, -0.05) is 44.2 Å². The molecule has 0 bridgehead atoms. The van der Waals surface area contributed by atoms with Crippen LogP contribution in [0.5, 0.6) is 5.75 Å². The fraction of sp³-hybridized carbons (Fsp3) is 0.259. The summed E-state index contributed by atoms with van der Waals surface area (Å²) in [5, 5.41) is 5.65. The van der Waals surface area contributed by atoms with Crippen LogP contribution in [0.3, 0.4) is 0 Å². The first-order valence-electron chi connectivity index (χ1n) is 11.3. The molecular formula is C27H28FN3O3. The summed E-state index contributed by atoms with van der Waals surface area (Å²) >= 11 is 0. The third kappa shape index (κ3) is 5.36. The summed E-state index contributed by atoms with van der Waals surface area (Å²) in [7, 11) is 0.